The lowest BCUT2D eigenvalue weighted by Gasteiger charge is -2.32. The van der Waals surface area contributed by atoms with Crippen LogP contribution in [-0.4, -0.2) is 28.1 Å². The number of likely N-dealkylation sites (tertiary alicyclic amines) is 1. The van der Waals surface area contributed by atoms with Gasteiger partial charge >= 0.3 is 0 Å². The quantitative estimate of drug-likeness (QED) is 0.876. The summed E-state index contributed by atoms with van der Waals surface area (Å²) in [7, 11) is 0. The lowest BCUT2D eigenvalue weighted by Crippen LogP contribution is -2.32. The highest BCUT2D eigenvalue weighted by atomic mass is 35.5. The molecule has 1 N–H and O–H groups in total. The highest BCUT2D eigenvalue weighted by molar-refractivity contribution is 6.29. The molecule has 110 valence electrons. The van der Waals surface area contributed by atoms with Gasteiger partial charge in [-0.15, -0.1) is 0 Å². The number of benzene rings is 1. The number of halogens is 1. The van der Waals surface area contributed by atoms with Crippen LogP contribution in [0, 0.1) is 0 Å². The molecule has 2 heterocycles. The second kappa shape index (κ2) is 6.46. The van der Waals surface area contributed by atoms with Crippen molar-refractivity contribution in [2.24, 2.45) is 0 Å². The van der Waals surface area contributed by atoms with Crippen LogP contribution in [-0.2, 0) is 6.54 Å². The molecular weight excluding hydrogens is 284 g/mol. The van der Waals surface area contributed by atoms with Crippen LogP contribution in [0.4, 0.5) is 0 Å². The van der Waals surface area contributed by atoms with Gasteiger partial charge in [0.2, 0.25) is 0 Å². The molecule has 1 fully saturated rings. The van der Waals surface area contributed by atoms with Gasteiger partial charge in [-0.1, -0.05) is 29.8 Å². The molecule has 0 atom stereocenters. The zero-order chi connectivity index (χ0) is 14.7. The summed E-state index contributed by atoms with van der Waals surface area (Å²) in [6, 6.07) is 11.5. The topological polar surface area (TPSA) is 36.4 Å². The zero-order valence-corrected chi connectivity index (χ0v) is 12.6. The predicted octanol–water partition coefficient (Wildman–Crippen LogP) is 3.82. The molecule has 0 bridgehead atoms. The van der Waals surface area contributed by atoms with E-state index in [1.54, 1.807) is 12.1 Å². The smallest absolute Gasteiger partial charge is 0.129 e. The number of aromatic nitrogens is 1. The normalized spacial score (nSPS) is 17.0. The molecule has 2 aromatic rings. The molecule has 1 aliphatic heterocycles. The maximum Gasteiger partial charge on any atom is 0.129 e. The van der Waals surface area contributed by atoms with E-state index in [0.717, 1.165) is 32.5 Å². The molecule has 3 rings (SSSR count). The maximum absolute atomic E-state index is 9.36. The first kappa shape index (κ1) is 14.4. The highest BCUT2D eigenvalue weighted by Gasteiger charge is 2.20. The highest BCUT2D eigenvalue weighted by Crippen LogP contribution is 2.29. The summed E-state index contributed by atoms with van der Waals surface area (Å²) in [6.45, 7) is 3.12. The summed E-state index contributed by atoms with van der Waals surface area (Å²) in [5.41, 5.74) is 2.54. The summed E-state index contributed by atoms with van der Waals surface area (Å²) >= 11 is 5.81. The first-order chi connectivity index (χ1) is 10.2. The van der Waals surface area contributed by atoms with Gasteiger partial charge in [0.25, 0.3) is 0 Å². The van der Waals surface area contributed by atoms with Gasteiger partial charge in [-0.25, -0.2) is 4.98 Å². The number of aromatic hydroxyl groups is 1. The van der Waals surface area contributed by atoms with Crippen molar-refractivity contribution >= 4 is 11.6 Å². The van der Waals surface area contributed by atoms with E-state index in [1.807, 2.05) is 30.5 Å². The Morgan fingerprint density at radius 1 is 1.10 bits per heavy atom. The second-order valence-electron chi connectivity index (χ2n) is 5.63. The summed E-state index contributed by atoms with van der Waals surface area (Å²) < 4.78 is 0. The molecule has 1 aromatic carbocycles. The van der Waals surface area contributed by atoms with Gasteiger partial charge in [0, 0.05) is 12.7 Å². The lowest BCUT2D eigenvalue weighted by atomic mass is 9.89. The van der Waals surface area contributed by atoms with Crippen LogP contribution >= 0.6 is 11.6 Å². The molecule has 0 saturated carbocycles. The summed E-state index contributed by atoms with van der Waals surface area (Å²) in [6.07, 6.45) is 4.17. The van der Waals surface area contributed by atoms with E-state index in [4.69, 9.17) is 11.6 Å². The largest absolute Gasteiger partial charge is 0.508 e. The van der Waals surface area contributed by atoms with E-state index in [-0.39, 0.29) is 0 Å². The zero-order valence-electron chi connectivity index (χ0n) is 11.9. The molecule has 0 radical (unpaired) electrons. The van der Waals surface area contributed by atoms with Gasteiger partial charge in [0.05, 0.1) is 0 Å². The Bertz CT molecular complexity index is 575. The van der Waals surface area contributed by atoms with Gasteiger partial charge in [-0.05, 0) is 61.2 Å². The number of hydrogen-bond acceptors (Lipinski definition) is 3. The minimum Gasteiger partial charge on any atom is -0.508 e. The van der Waals surface area contributed by atoms with E-state index in [2.05, 4.69) is 9.88 Å². The number of pyridine rings is 1. The fraction of sp³-hybridized carbons (Fsp3) is 0.353. The molecule has 1 aromatic heterocycles. The van der Waals surface area contributed by atoms with Crippen LogP contribution in [0.25, 0.3) is 0 Å². The molecular formula is C17H19ClN2O. The van der Waals surface area contributed by atoms with Gasteiger partial charge in [-0.3, -0.25) is 4.90 Å². The van der Waals surface area contributed by atoms with Crippen molar-refractivity contribution in [2.45, 2.75) is 25.3 Å². The molecule has 0 amide bonds. The summed E-state index contributed by atoms with van der Waals surface area (Å²) in [5, 5.41) is 9.90. The minimum absolute atomic E-state index is 0.339. The Hall–Kier alpha value is -1.58. The third-order valence-corrected chi connectivity index (χ3v) is 4.37. The van der Waals surface area contributed by atoms with Crippen molar-refractivity contribution in [1.82, 2.24) is 9.88 Å². The molecule has 1 aliphatic rings. The fourth-order valence-corrected chi connectivity index (χ4v) is 3.04. The second-order valence-corrected chi connectivity index (χ2v) is 6.02. The third kappa shape index (κ3) is 3.74. The van der Waals surface area contributed by atoms with Crippen LogP contribution in [0.3, 0.4) is 0 Å². The monoisotopic (exact) mass is 302 g/mol. The van der Waals surface area contributed by atoms with Gasteiger partial charge < -0.3 is 5.11 Å². The lowest BCUT2D eigenvalue weighted by molar-refractivity contribution is 0.204. The van der Waals surface area contributed by atoms with Crippen molar-refractivity contribution in [3.05, 3.63) is 58.9 Å². The van der Waals surface area contributed by atoms with E-state index in [9.17, 15) is 5.11 Å². The minimum atomic E-state index is 0.339. The summed E-state index contributed by atoms with van der Waals surface area (Å²) in [4.78, 5) is 6.59. The Kier molecular flexibility index (Phi) is 4.42. The van der Waals surface area contributed by atoms with Crippen molar-refractivity contribution in [2.75, 3.05) is 13.1 Å². The van der Waals surface area contributed by atoms with E-state index in [0.29, 0.717) is 16.8 Å². The van der Waals surface area contributed by atoms with Gasteiger partial charge in [-0.2, -0.15) is 0 Å². The predicted molar refractivity (Wildman–Crippen MR) is 84.6 cm³/mol. The van der Waals surface area contributed by atoms with Gasteiger partial charge in [0.15, 0.2) is 0 Å². The number of phenols is 1. The Balaban J connectivity index is 1.55. The van der Waals surface area contributed by atoms with Crippen molar-refractivity contribution in [3.63, 3.8) is 0 Å². The number of phenolic OH excluding ortho intramolecular Hbond substituents is 1. The Morgan fingerprint density at radius 2 is 1.81 bits per heavy atom. The Labute approximate surface area is 130 Å². The molecule has 0 aliphatic carbocycles. The van der Waals surface area contributed by atoms with Crippen LogP contribution in [0.5, 0.6) is 5.75 Å². The Morgan fingerprint density at radius 3 is 2.43 bits per heavy atom. The van der Waals surface area contributed by atoms with Crippen LogP contribution in [0.1, 0.15) is 29.9 Å². The van der Waals surface area contributed by atoms with Crippen molar-refractivity contribution in [3.8, 4) is 5.75 Å². The van der Waals surface area contributed by atoms with Crippen LogP contribution in [0.2, 0.25) is 5.15 Å². The average molecular weight is 303 g/mol. The standard InChI is InChI=1S/C17H19ClN2O/c18-17-6-1-13(11-19-17)12-20-9-7-15(8-10-20)14-2-4-16(21)5-3-14/h1-6,11,15,21H,7-10,12H2. The maximum atomic E-state index is 9.36. The molecule has 21 heavy (non-hydrogen) atoms. The average Bonchev–Trinajstić information content (AvgIpc) is 2.51. The van der Waals surface area contributed by atoms with E-state index >= 15 is 0 Å². The van der Waals surface area contributed by atoms with Crippen LogP contribution in [0.15, 0.2) is 42.6 Å². The molecule has 3 nitrogen and oxygen atoms in total. The first-order valence-electron chi connectivity index (χ1n) is 7.32. The van der Waals surface area contributed by atoms with E-state index < -0.39 is 0 Å². The van der Waals surface area contributed by atoms with Gasteiger partial charge in [0.1, 0.15) is 10.9 Å². The first-order valence-corrected chi connectivity index (χ1v) is 7.70. The fourth-order valence-electron chi connectivity index (χ4n) is 2.93. The van der Waals surface area contributed by atoms with Crippen molar-refractivity contribution < 1.29 is 5.11 Å². The molecule has 0 spiro atoms. The summed E-state index contributed by atoms with van der Waals surface area (Å²) in [5.74, 6) is 0.941. The number of hydrogen-bond donors (Lipinski definition) is 1. The molecule has 1 saturated heterocycles. The van der Waals surface area contributed by atoms with Crippen molar-refractivity contribution in [1.29, 1.82) is 0 Å². The SMILES string of the molecule is Oc1ccc(C2CCN(Cc3ccc(Cl)nc3)CC2)cc1. The van der Waals surface area contributed by atoms with E-state index in [1.165, 1.54) is 11.1 Å². The number of rotatable bonds is 3. The molecule has 0 unspecified atom stereocenters. The van der Waals surface area contributed by atoms with Crippen LogP contribution < -0.4 is 0 Å². The molecule has 4 heteroatoms. The number of piperidine rings is 1. The third-order valence-electron chi connectivity index (χ3n) is 4.15. The number of nitrogens with zero attached hydrogens (tertiary/aromatic N) is 2.